The number of rotatable bonds is 2. The first-order chi connectivity index (χ1) is 8.16. The summed E-state index contributed by atoms with van der Waals surface area (Å²) < 4.78 is 13.7. The molecule has 2 atom stereocenters. The molecule has 0 radical (unpaired) electrons. The average Bonchev–Trinajstić information content (AvgIpc) is 2.89. The van der Waals surface area contributed by atoms with Crippen molar-refractivity contribution < 1.29 is 4.39 Å². The molecular formula is C13H16FN3. The molecule has 0 amide bonds. The Balaban J connectivity index is 2.03. The van der Waals surface area contributed by atoms with Crippen molar-refractivity contribution in [2.24, 2.45) is 11.7 Å². The third-order valence-electron chi connectivity index (χ3n) is 3.98. The molecular weight excluding hydrogens is 217 g/mol. The number of nitrogens with two attached hydrogens (primary N) is 1. The van der Waals surface area contributed by atoms with E-state index in [4.69, 9.17) is 11.1 Å². The number of anilines is 1. The number of nitrogen functional groups attached to an aromatic ring is 1. The topological polar surface area (TPSA) is 53.1 Å². The summed E-state index contributed by atoms with van der Waals surface area (Å²) in [6.45, 7) is 0.981. The van der Waals surface area contributed by atoms with E-state index in [0.29, 0.717) is 6.04 Å². The van der Waals surface area contributed by atoms with Crippen molar-refractivity contribution in [3.8, 4) is 0 Å². The lowest BCUT2D eigenvalue weighted by atomic mass is 10.1. The summed E-state index contributed by atoms with van der Waals surface area (Å²) in [5.41, 5.74) is 6.56. The average molecular weight is 233 g/mol. The molecule has 3 N–H and O–H groups in total. The molecule has 1 aromatic carbocycles. The quantitative estimate of drug-likeness (QED) is 0.607. The SMILES string of the molecule is N=C(N)c1c(F)cccc1N1CC2CCC1C2. The maximum absolute atomic E-state index is 13.7. The van der Waals surface area contributed by atoms with Gasteiger partial charge in [-0.05, 0) is 37.3 Å². The van der Waals surface area contributed by atoms with E-state index in [0.717, 1.165) is 18.2 Å². The number of nitrogens with zero attached hydrogens (tertiary/aromatic N) is 1. The Hall–Kier alpha value is -1.58. The van der Waals surface area contributed by atoms with Crippen LogP contribution in [0.15, 0.2) is 18.2 Å². The molecule has 0 spiro atoms. The Bertz CT molecular complexity index is 472. The van der Waals surface area contributed by atoms with Crippen LogP contribution in [0.5, 0.6) is 0 Å². The lowest BCUT2D eigenvalue weighted by Crippen LogP contribution is -2.34. The normalized spacial score (nSPS) is 26.5. The zero-order chi connectivity index (χ0) is 12.0. The van der Waals surface area contributed by atoms with Gasteiger partial charge >= 0.3 is 0 Å². The molecule has 2 unspecified atom stereocenters. The zero-order valence-electron chi connectivity index (χ0n) is 9.62. The van der Waals surface area contributed by atoms with Crippen LogP contribution in [-0.4, -0.2) is 18.4 Å². The van der Waals surface area contributed by atoms with Crippen LogP contribution >= 0.6 is 0 Å². The first-order valence-corrected chi connectivity index (χ1v) is 6.06. The van der Waals surface area contributed by atoms with Crippen molar-refractivity contribution in [3.05, 3.63) is 29.6 Å². The molecule has 3 nitrogen and oxygen atoms in total. The Morgan fingerprint density at radius 1 is 1.41 bits per heavy atom. The van der Waals surface area contributed by atoms with Gasteiger partial charge in [0.05, 0.1) is 11.3 Å². The van der Waals surface area contributed by atoms with Crippen LogP contribution in [0.25, 0.3) is 0 Å². The first-order valence-electron chi connectivity index (χ1n) is 6.06. The molecule has 1 heterocycles. The van der Waals surface area contributed by atoms with E-state index in [2.05, 4.69) is 4.90 Å². The third-order valence-corrected chi connectivity index (χ3v) is 3.98. The van der Waals surface area contributed by atoms with Crippen molar-refractivity contribution >= 4 is 11.5 Å². The van der Waals surface area contributed by atoms with Gasteiger partial charge in [-0.3, -0.25) is 5.41 Å². The molecule has 1 aliphatic heterocycles. The van der Waals surface area contributed by atoms with Crippen LogP contribution < -0.4 is 10.6 Å². The molecule has 1 saturated carbocycles. The molecule has 17 heavy (non-hydrogen) atoms. The summed E-state index contributed by atoms with van der Waals surface area (Å²) >= 11 is 0. The highest BCUT2D eigenvalue weighted by molar-refractivity contribution is 6.00. The van der Waals surface area contributed by atoms with Crippen molar-refractivity contribution in [1.82, 2.24) is 0 Å². The number of benzene rings is 1. The fourth-order valence-electron chi connectivity index (χ4n) is 3.24. The highest BCUT2D eigenvalue weighted by atomic mass is 19.1. The molecule has 1 aromatic rings. The van der Waals surface area contributed by atoms with Gasteiger partial charge in [0, 0.05) is 12.6 Å². The number of fused-ring (bicyclic) bond motifs is 2. The van der Waals surface area contributed by atoms with Gasteiger partial charge < -0.3 is 10.6 Å². The minimum absolute atomic E-state index is 0.180. The monoisotopic (exact) mass is 233 g/mol. The van der Waals surface area contributed by atoms with Crippen LogP contribution in [0.4, 0.5) is 10.1 Å². The van der Waals surface area contributed by atoms with Gasteiger partial charge in [0.2, 0.25) is 0 Å². The molecule has 1 aliphatic carbocycles. The van der Waals surface area contributed by atoms with Crippen LogP contribution in [0.2, 0.25) is 0 Å². The maximum atomic E-state index is 13.7. The Labute approximate surface area is 99.9 Å². The third kappa shape index (κ3) is 1.59. The van der Waals surface area contributed by atoms with E-state index in [-0.39, 0.29) is 11.4 Å². The van der Waals surface area contributed by atoms with E-state index >= 15 is 0 Å². The first kappa shape index (κ1) is 10.6. The van der Waals surface area contributed by atoms with E-state index in [1.807, 2.05) is 6.07 Å². The highest BCUT2D eigenvalue weighted by Crippen LogP contribution is 2.41. The van der Waals surface area contributed by atoms with Gasteiger partial charge in [0.25, 0.3) is 0 Å². The number of nitrogens with one attached hydrogen (secondary N) is 1. The fraction of sp³-hybridized carbons (Fsp3) is 0.462. The molecule has 90 valence electrons. The van der Waals surface area contributed by atoms with E-state index in [9.17, 15) is 4.39 Å². The predicted molar refractivity (Wildman–Crippen MR) is 65.9 cm³/mol. The minimum atomic E-state index is -0.391. The second-order valence-electron chi connectivity index (χ2n) is 5.03. The number of piperidine rings is 1. The van der Waals surface area contributed by atoms with Crippen LogP contribution in [0.1, 0.15) is 24.8 Å². The number of hydrogen-bond donors (Lipinski definition) is 2. The summed E-state index contributed by atoms with van der Waals surface area (Å²) in [5, 5.41) is 7.53. The Morgan fingerprint density at radius 3 is 2.82 bits per heavy atom. The van der Waals surface area contributed by atoms with Gasteiger partial charge in [-0.15, -0.1) is 0 Å². The van der Waals surface area contributed by atoms with E-state index < -0.39 is 5.82 Å². The Kier molecular flexibility index (Phi) is 2.31. The van der Waals surface area contributed by atoms with E-state index in [1.165, 1.54) is 25.3 Å². The lowest BCUT2D eigenvalue weighted by molar-refractivity contribution is 0.551. The summed E-state index contributed by atoms with van der Waals surface area (Å²) in [4.78, 5) is 2.23. The maximum Gasteiger partial charge on any atom is 0.136 e. The summed E-state index contributed by atoms with van der Waals surface area (Å²) in [5.74, 6) is 0.168. The number of amidine groups is 1. The molecule has 4 heteroatoms. The fourth-order valence-corrected chi connectivity index (χ4v) is 3.24. The summed E-state index contributed by atoms with van der Waals surface area (Å²) in [6.07, 6.45) is 3.66. The second-order valence-corrected chi connectivity index (χ2v) is 5.03. The highest BCUT2D eigenvalue weighted by Gasteiger charge is 2.38. The van der Waals surface area contributed by atoms with Crippen molar-refractivity contribution in [1.29, 1.82) is 5.41 Å². The molecule has 1 saturated heterocycles. The second kappa shape index (κ2) is 3.72. The summed E-state index contributed by atoms with van der Waals surface area (Å²) in [6, 6.07) is 5.46. The van der Waals surface area contributed by atoms with Gasteiger partial charge in [-0.1, -0.05) is 6.07 Å². The molecule has 2 aliphatic rings. The minimum Gasteiger partial charge on any atom is -0.384 e. The smallest absolute Gasteiger partial charge is 0.136 e. The molecule has 0 aromatic heterocycles. The largest absolute Gasteiger partial charge is 0.384 e. The van der Waals surface area contributed by atoms with Crippen LogP contribution in [0.3, 0.4) is 0 Å². The van der Waals surface area contributed by atoms with Gasteiger partial charge in [-0.2, -0.15) is 0 Å². The lowest BCUT2D eigenvalue weighted by Gasteiger charge is -2.30. The zero-order valence-corrected chi connectivity index (χ0v) is 9.62. The van der Waals surface area contributed by atoms with E-state index in [1.54, 1.807) is 6.07 Å². The standard InChI is InChI=1S/C13H16FN3/c14-10-2-1-3-11(12(10)13(15)16)17-7-8-4-5-9(17)6-8/h1-3,8-9H,4-7H2,(H3,15,16). The van der Waals surface area contributed by atoms with Crippen LogP contribution in [-0.2, 0) is 0 Å². The molecule has 3 rings (SSSR count). The summed E-state index contributed by atoms with van der Waals surface area (Å²) in [7, 11) is 0. The Morgan fingerprint density at radius 2 is 2.24 bits per heavy atom. The van der Waals surface area contributed by atoms with Crippen molar-refractivity contribution in [2.75, 3.05) is 11.4 Å². The number of halogens is 1. The van der Waals surface area contributed by atoms with Crippen molar-refractivity contribution in [2.45, 2.75) is 25.3 Å². The van der Waals surface area contributed by atoms with Gasteiger partial charge in [0.15, 0.2) is 0 Å². The van der Waals surface area contributed by atoms with Crippen LogP contribution in [0, 0.1) is 17.1 Å². The molecule has 2 bridgehead atoms. The van der Waals surface area contributed by atoms with Gasteiger partial charge in [-0.25, -0.2) is 4.39 Å². The number of hydrogen-bond acceptors (Lipinski definition) is 2. The predicted octanol–water partition coefficient (Wildman–Crippen LogP) is 2.10. The van der Waals surface area contributed by atoms with Gasteiger partial charge in [0.1, 0.15) is 11.7 Å². The molecule has 2 fully saturated rings. The van der Waals surface area contributed by atoms with Crippen molar-refractivity contribution in [3.63, 3.8) is 0 Å².